The number of amides is 1. The number of hydrogen-bond acceptors (Lipinski definition) is 2. The van der Waals surface area contributed by atoms with E-state index < -0.39 is 0 Å². The van der Waals surface area contributed by atoms with Gasteiger partial charge in [0.05, 0.1) is 17.7 Å². The summed E-state index contributed by atoms with van der Waals surface area (Å²) >= 11 is 6.15. The topological polar surface area (TPSA) is 33.5 Å². The van der Waals surface area contributed by atoms with Gasteiger partial charge in [0.2, 0.25) is 5.91 Å². The second-order valence-electron chi connectivity index (χ2n) is 9.41. The van der Waals surface area contributed by atoms with Crippen molar-refractivity contribution in [1.29, 1.82) is 0 Å². The van der Waals surface area contributed by atoms with E-state index in [1.807, 2.05) is 47.4 Å². The second-order valence-corrected chi connectivity index (χ2v) is 9.84. The lowest BCUT2D eigenvalue weighted by Gasteiger charge is -2.57. The van der Waals surface area contributed by atoms with Crippen LogP contribution >= 0.6 is 11.6 Å². The molecular formula is C25H28ClNO2. The molecule has 1 atom stereocenters. The third-order valence-corrected chi connectivity index (χ3v) is 7.64. The van der Waals surface area contributed by atoms with Crippen LogP contribution in [0.3, 0.4) is 0 Å². The van der Waals surface area contributed by atoms with E-state index in [2.05, 4.69) is 6.58 Å². The average Bonchev–Trinajstić information content (AvgIpc) is 3.22. The lowest BCUT2D eigenvalue weighted by molar-refractivity contribution is -0.144. The van der Waals surface area contributed by atoms with Crippen molar-refractivity contribution >= 4 is 23.2 Å². The van der Waals surface area contributed by atoms with Crippen LogP contribution in [-0.4, -0.2) is 5.91 Å². The molecule has 3 nitrogen and oxygen atoms in total. The number of carbonyl (C=O) groups excluding carboxylic acids is 1. The minimum absolute atomic E-state index is 0.191. The Morgan fingerprint density at radius 3 is 2.28 bits per heavy atom. The van der Waals surface area contributed by atoms with Crippen molar-refractivity contribution in [2.24, 2.45) is 23.2 Å². The first-order valence-corrected chi connectivity index (χ1v) is 11.2. The van der Waals surface area contributed by atoms with Crippen LogP contribution in [0.25, 0.3) is 0 Å². The van der Waals surface area contributed by atoms with Crippen LogP contribution in [0.1, 0.15) is 56.7 Å². The van der Waals surface area contributed by atoms with Gasteiger partial charge in [0, 0.05) is 10.7 Å². The van der Waals surface area contributed by atoms with Gasteiger partial charge in [0.1, 0.15) is 5.76 Å². The van der Waals surface area contributed by atoms with Gasteiger partial charge < -0.3 is 9.32 Å². The minimum atomic E-state index is -0.222. The van der Waals surface area contributed by atoms with Gasteiger partial charge in [-0.3, -0.25) is 4.79 Å². The highest BCUT2D eigenvalue weighted by molar-refractivity contribution is 6.30. The molecular weight excluding hydrogens is 382 g/mol. The average molecular weight is 410 g/mol. The Balaban J connectivity index is 1.57. The number of benzene rings is 1. The van der Waals surface area contributed by atoms with Gasteiger partial charge >= 0.3 is 0 Å². The quantitative estimate of drug-likeness (QED) is 0.491. The number of anilines is 1. The molecule has 2 aromatic rings. The predicted octanol–water partition coefficient (Wildman–Crippen LogP) is 6.80. The molecule has 6 rings (SSSR count). The Labute approximate surface area is 177 Å². The highest BCUT2D eigenvalue weighted by Gasteiger charge is 2.56. The van der Waals surface area contributed by atoms with Crippen LogP contribution < -0.4 is 4.90 Å². The summed E-state index contributed by atoms with van der Waals surface area (Å²) < 4.78 is 5.78. The fraction of sp³-hybridized carbons (Fsp3) is 0.480. The molecule has 29 heavy (non-hydrogen) atoms. The highest BCUT2D eigenvalue weighted by Crippen LogP contribution is 2.61. The molecule has 0 saturated heterocycles. The number of carbonyl (C=O) groups is 1. The number of rotatable bonds is 6. The van der Waals surface area contributed by atoms with Crippen molar-refractivity contribution in [3.05, 3.63) is 66.1 Å². The zero-order valence-corrected chi connectivity index (χ0v) is 17.5. The summed E-state index contributed by atoms with van der Waals surface area (Å²) in [4.78, 5) is 16.3. The summed E-state index contributed by atoms with van der Waals surface area (Å²) in [5.41, 5.74) is 0.666. The van der Waals surface area contributed by atoms with Gasteiger partial charge in [-0.25, -0.2) is 0 Å². The van der Waals surface area contributed by atoms with Crippen LogP contribution in [0.4, 0.5) is 5.69 Å². The molecule has 4 heteroatoms. The van der Waals surface area contributed by atoms with E-state index in [4.69, 9.17) is 16.0 Å². The number of nitrogens with zero attached hydrogens (tertiary/aromatic N) is 1. The van der Waals surface area contributed by atoms with Crippen LogP contribution in [0.2, 0.25) is 5.02 Å². The van der Waals surface area contributed by atoms with Crippen LogP contribution in [-0.2, 0) is 4.79 Å². The Bertz CT molecular complexity index is 851. The van der Waals surface area contributed by atoms with E-state index in [9.17, 15) is 4.79 Å². The summed E-state index contributed by atoms with van der Waals surface area (Å²) in [5.74, 6) is 3.23. The summed E-state index contributed by atoms with van der Waals surface area (Å²) in [6.45, 7) is 3.95. The molecule has 0 aliphatic heterocycles. The van der Waals surface area contributed by atoms with Gasteiger partial charge in [-0.05, 0) is 99.1 Å². The van der Waals surface area contributed by atoms with E-state index in [1.165, 1.54) is 19.3 Å². The van der Waals surface area contributed by atoms with Crippen molar-refractivity contribution in [2.45, 2.75) is 51.0 Å². The summed E-state index contributed by atoms with van der Waals surface area (Å²) in [5, 5.41) is 0.675. The molecule has 4 aliphatic rings. The molecule has 152 valence electrons. The lowest BCUT2D eigenvalue weighted by Crippen LogP contribution is -2.55. The van der Waals surface area contributed by atoms with E-state index in [0.717, 1.165) is 48.5 Å². The molecule has 0 spiro atoms. The van der Waals surface area contributed by atoms with Crippen molar-refractivity contribution in [1.82, 2.24) is 0 Å². The smallest absolute Gasteiger partial charge is 0.233 e. The van der Waals surface area contributed by atoms with E-state index in [1.54, 1.807) is 6.26 Å². The van der Waals surface area contributed by atoms with E-state index >= 15 is 0 Å². The molecule has 1 unspecified atom stereocenters. The zero-order valence-electron chi connectivity index (χ0n) is 16.7. The first-order chi connectivity index (χ1) is 14.1. The van der Waals surface area contributed by atoms with E-state index in [-0.39, 0.29) is 17.4 Å². The zero-order chi connectivity index (χ0) is 20.0. The second kappa shape index (κ2) is 7.36. The third-order valence-electron chi connectivity index (χ3n) is 7.39. The van der Waals surface area contributed by atoms with E-state index in [0.29, 0.717) is 11.4 Å². The molecule has 0 radical (unpaired) electrons. The molecule has 4 fully saturated rings. The summed E-state index contributed by atoms with van der Waals surface area (Å²) in [7, 11) is 0. The summed E-state index contributed by atoms with van der Waals surface area (Å²) in [6, 6.07) is 11.3. The maximum Gasteiger partial charge on any atom is 0.233 e. The van der Waals surface area contributed by atoms with Crippen LogP contribution in [0, 0.1) is 23.2 Å². The normalized spacial score (nSPS) is 30.9. The Morgan fingerprint density at radius 1 is 1.14 bits per heavy atom. The number of hydrogen-bond donors (Lipinski definition) is 0. The Kier molecular flexibility index (Phi) is 4.82. The maximum absolute atomic E-state index is 14.3. The highest BCUT2D eigenvalue weighted by atomic mass is 35.5. The van der Waals surface area contributed by atoms with Gasteiger partial charge in [-0.1, -0.05) is 17.7 Å². The molecule has 4 saturated carbocycles. The van der Waals surface area contributed by atoms with Gasteiger partial charge in [0.15, 0.2) is 0 Å². The van der Waals surface area contributed by atoms with Crippen molar-refractivity contribution < 1.29 is 9.21 Å². The van der Waals surface area contributed by atoms with Gasteiger partial charge in [-0.15, -0.1) is 6.58 Å². The maximum atomic E-state index is 14.3. The standard InChI is InChI=1S/C25H28ClNO2/c1-2-4-22(23-5-3-10-29-23)27(21-8-6-20(26)7-9-21)24(28)25-14-17-11-18(15-25)13-19(12-17)16-25/h2-3,5-10,17-19,22H,1,4,11-16H2. The van der Waals surface area contributed by atoms with Crippen molar-refractivity contribution in [2.75, 3.05) is 4.90 Å². The van der Waals surface area contributed by atoms with Crippen molar-refractivity contribution in [3.8, 4) is 0 Å². The molecule has 1 aromatic carbocycles. The van der Waals surface area contributed by atoms with Crippen LogP contribution in [0.15, 0.2) is 59.7 Å². The van der Waals surface area contributed by atoms with Crippen molar-refractivity contribution in [3.63, 3.8) is 0 Å². The largest absolute Gasteiger partial charge is 0.467 e. The Hall–Kier alpha value is -2.00. The molecule has 4 aliphatic carbocycles. The monoisotopic (exact) mass is 409 g/mol. The first-order valence-electron chi connectivity index (χ1n) is 10.8. The number of halogens is 1. The molecule has 0 N–H and O–H groups in total. The molecule has 4 bridgehead atoms. The molecule has 1 amide bonds. The fourth-order valence-electron chi connectivity index (χ4n) is 6.66. The van der Waals surface area contributed by atoms with Gasteiger partial charge in [-0.2, -0.15) is 0 Å². The Morgan fingerprint density at radius 2 is 1.76 bits per heavy atom. The molecule has 1 aromatic heterocycles. The first kappa shape index (κ1) is 19.0. The third kappa shape index (κ3) is 3.34. The summed E-state index contributed by atoms with van der Waals surface area (Å²) in [6.07, 6.45) is 11.3. The SMILES string of the molecule is C=CCC(c1ccco1)N(C(=O)C12CC3CC(CC(C3)C1)C2)c1ccc(Cl)cc1. The van der Waals surface area contributed by atoms with Crippen LogP contribution in [0.5, 0.6) is 0 Å². The lowest BCUT2D eigenvalue weighted by atomic mass is 9.49. The fourth-order valence-corrected chi connectivity index (χ4v) is 6.78. The minimum Gasteiger partial charge on any atom is -0.467 e. The number of furan rings is 1. The molecule has 1 heterocycles. The van der Waals surface area contributed by atoms with Gasteiger partial charge in [0.25, 0.3) is 0 Å². The predicted molar refractivity (Wildman–Crippen MR) is 116 cm³/mol.